The Hall–Kier alpha value is -1.43. The summed E-state index contributed by atoms with van der Waals surface area (Å²) in [6.45, 7) is 6.24. The summed E-state index contributed by atoms with van der Waals surface area (Å²) >= 11 is 18.1. The minimum absolute atomic E-state index is 0.0196. The molecule has 0 aliphatic carbocycles. The molecule has 130 valence electrons. The molecule has 0 saturated carbocycles. The van der Waals surface area contributed by atoms with Gasteiger partial charge in [0, 0.05) is 44.8 Å². The van der Waals surface area contributed by atoms with Gasteiger partial charge in [-0.05, 0) is 18.2 Å². The van der Waals surface area contributed by atoms with Crippen LogP contribution in [-0.4, -0.2) is 49.4 Å². The molecule has 1 aromatic rings. The van der Waals surface area contributed by atoms with E-state index in [0.717, 1.165) is 5.69 Å². The van der Waals surface area contributed by atoms with Crippen molar-refractivity contribution < 1.29 is 9.59 Å². The third-order valence-corrected chi connectivity index (χ3v) is 4.99. The molecule has 0 bridgehead atoms. The van der Waals surface area contributed by atoms with E-state index in [1.807, 2.05) is 0 Å². The Morgan fingerprint density at radius 2 is 1.71 bits per heavy atom. The molecule has 1 N–H and O–H groups in total. The number of carbonyl (C=O) groups is 2. The van der Waals surface area contributed by atoms with E-state index in [4.69, 9.17) is 34.8 Å². The van der Waals surface area contributed by atoms with Gasteiger partial charge < -0.3 is 15.1 Å². The molecule has 5 nitrogen and oxygen atoms in total. The molecule has 24 heavy (non-hydrogen) atoms. The van der Waals surface area contributed by atoms with E-state index in [1.54, 1.807) is 17.0 Å². The second-order valence-corrected chi connectivity index (χ2v) is 6.53. The van der Waals surface area contributed by atoms with Gasteiger partial charge in [-0.25, -0.2) is 0 Å². The van der Waals surface area contributed by atoms with Crippen LogP contribution in [0.25, 0.3) is 0 Å². The first kappa shape index (κ1) is 18.9. The summed E-state index contributed by atoms with van der Waals surface area (Å²) in [5.41, 5.74) is 0.889. The third kappa shape index (κ3) is 4.79. The fourth-order valence-corrected chi connectivity index (χ4v) is 3.05. The van der Waals surface area contributed by atoms with Crippen LogP contribution in [0.5, 0.6) is 0 Å². The number of carbonyl (C=O) groups excluding carboxylic acids is 2. The number of nitrogens with one attached hydrogen (secondary N) is 1. The second kappa shape index (κ2) is 8.60. The molecular weight excluding hydrogens is 373 g/mol. The average molecular weight is 391 g/mol. The van der Waals surface area contributed by atoms with Gasteiger partial charge in [-0.15, -0.1) is 0 Å². The van der Waals surface area contributed by atoms with Crippen LogP contribution in [0.3, 0.4) is 0 Å². The quantitative estimate of drug-likeness (QED) is 0.621. The van der Waals surface area contributed by atoms with Crippen molar-refractivity contribution in [3.63, 3.8) is 0 Å². The molecule has 1 saturated heterocycles. The van der Waals surface area contributed by atoms with Crippen LogP contribution in [-0.2, 0) is 9.59 Å². The fourth-order valence-electron chi connectivity index (χ4n) is 2.46. The fraction of sp³-hybridized carbons (Fsp3) is 0.375. The van der Waals surface area contributed by atoms with Gasteiger partial charge in [0.05, 0.1) is 15.1 Å². The highest BCUT2D eigenvalue weighted by Gasteiger charge is 2.22. The second-order valence-electron chi connectivity index (χ2n) is 5.34. The van der Waals surface area contributed by atoms with Crippen LogP contribution >= 0.6 is 34.8 Å². The van der Waals surface area contributed by atoms with Crippen molar-refractivity contribution in [2.24, 2.45) is 0 Å². The number of anilines is 1. The number of hydrogen-bond acceptors (Lipinski definition) is 3. The molecule has 1 aliphatic heterocycles. The van der Waals surface area contributed by atoms with Crippen LogP contribution in [0.1, 0.15) is 6.42 Å². The molecule has 0 spiro atoms. The zero-order valence-electron chi connectivity index (χ0n) is 13.0. The predicted octanol–water partition coefficient (Wildman–Crippen LogP) is 2.99. The van der Waals surface area contributed by atoms with Gasteiger partial charge >= 0.3 is 0 Å². The summed E-state index contributed by atoms with van der Waals surface area (Å²) in [5.74, 6) is -0.254. The lowest BCUT2D eigenvalue weighted by Gasteiger charge is -2.36. The number of nitrogens with zero attached hydrogens (tertiary/aromatic N) is 2. The van der Waals surface area contributed by atoms with Crippen LogP contribution in [0.4, 0.5) is 5.69 Å². The number of halogens is 3. The number of rotatable bonds is 5. The first-order chi connectivity index (χ1) is 11.4. The minimum Gasteiger partial charge on any atom is -0.368 e. The number of amides is 2. The maximum absolute atomic E-state index is 12.1. The van der Waals surface area contributed by atoms with E-state index < -0.39 is 0 Å². The molecule has 1 aliphatic rings. The van der Waals surface area contributed by atoms with Crippen LogP contribution in [0.15, 0.2) is 24.8 Å². The highest BCUT2D eigenvalue weighted by Crippen LogP contribution is 2.34. The molecule has 1 aromatic carbocycles. The summed E-state index contributed by atoms with van der Waals surface area (Å²) < 4.78 is 0. The Kier molecular flexibility index (Phi) is 6.78. The Morgan fingerprint density at radius 1 is 1.12 bits per heavy atom. The van der Waals surface area contributed by atoms with E-state index in [9.17, 15) is 9.59 Å². The van der Waals surface area contributed by atoms with Gasteiger partial charge in [0.15, 0.2) is 0 Å². The van der Waals surface area contributed by atoms with Crippen molar-refractivity contribution in [2.45, 2.75) is 6.42 Å². The summed E-state index contributed by atoms with van der Waals surface area (Å²) in [7, 11) is 0. The van der Waals surface area contributed by atoms with Crippen molar-refractivity contribution in [1.29, 1.82) is 0 Å². The van der Waals surface area contributed by atoms with Gasteiger partial charge in [-0.1, -0.05) is 41.4 Å². The highest BCUT2D eigenvalue weighted by atomic mass is 35.5. The van der Waals surface area contributed by atoms with E-state index in [-0.39, 0.29) is 18.2 Å². The number of piperazine rings is 1. The number of benzene rings is 1. The zero-order valence-corrected chi connectivity index (χ0v) is 15.3. The first-order valence-corrected chi connectivity index (χ1v) is 8.63. The standard InChI is InChI=1S/C16H18Cl3N3O2/c1-2-14(23)20-4-3-15(24)22-7-5-21(6-8-22)11-9-12(17)16(19)13(18)10-11/h2,9-10H,1,3-8H2,(H,20,23). The van der Waals surface area contributed by atoms with E-state index in [1.165, 1.54) is 6.08 Å². The van der Waals surface area contributed by atoms with Crippen LogP contribution in [0.2, 0.25) is 15.1 Å². The molecule has 8 heteroatoms. The summed E-state index contributed by atoms with van der Waals surface area (Å²) in [5, 5.41) is 3.77. The van der Waals surface area contributed by atoms with Crippen molar-refractivity contribution in [3.8, 4) is 0 Å². The normalized spacial score (nSPS) is 14.5. The molecule has 0 radical (unpaired) electrons. The van der Waals surface area contributed by atoms with Crippen LogP contribution in [0, 0.1) is 0 Å². The lowest BCUT2D eigenvalue weighted by atomic mass is 10.2. The lowest BCUT2D eigenvalue weighted by molar-refractivity contribution is -0.131. The molecule has 0 unspecified atom stereocenters. The lowest BCUT2D eigenvalue weighted by Crippen LogP contribution is -2.49. The van der Waals surface area contributed by atoms with Gasteiger partial charge in [-0.3, -0.25) is 9.59 Å². The largest absolute Gasteiger partial charge is 0.368 e. The SMILES string of the molecule is C=CC(=O)NCCC(=O)N1CCN(c2cc(Cl)c(Cl)c(Cl)c2)CC1. The van der Waals surface area contributed by atoms with Crippen molar-refractivity contribution in [2.75, 3.05) is 37.6 Å². The zero-order chi connectivity index (χ0) is 17.7. The van der Waals surface area contributed by atoms with Crippen molar-refractivity contribution >= 4 is 52.3 Å². The molecule has 0 atom stereocenters. The molecule has 0 aromatic heterocycles. The summed E-state index contributed by atoms with van der Waals surface area (Å²) in [6, 6.07) is 3.55. The summed E-state index contributed by atoms with van der Waals surface area (Å²) in [6.07, 6.45) is 1.46. The molecule has 1 fully saturated rings. The topological polar surface area (TPSA) is 52.7 Å². The van der Waals surface area contributed by atoms with Gasteiger partial charge in [0.25, 0.3) is 0 Å². The molecular formula is C16H18Cl3N3O2. The van der Waals surface area contributed by atoms with E-state index >= 15 is 0 Å². The Balaban J connectivity index is 1.86. The van der Waals surface area contributed by atoms with Crippen molar-refractivity contribution in [3.05, 3.63) is 39.9 Å². The molecule has 1 heterocycles. The third-order valence-electron chi connectivity index (χ3n) is 3.79. The smallest absolute Gasteiger partial charge is 0.243 e. The van der Waals surface area contributed by atoms with E-state index in [2.05, 4.69) is 16.8 Å². The number of hydrogen-bond donors (Lipinski definition) is 1. The average Bonchev–Trinajstić information content (AvgIpc) is 2.59. The maximum Gasteiger partial charge on any atom is 0.243 e. The van der Waals surface area contributed by atoms with Gasteiger partial charge in [0.2, 0.25) is 11.8 Å². The van der Waals surface area contributed by atoms with Gasteiger partial charge in [-0.2, -0.15) is 0 Å². The maximum atomic E-state index is 12.1. The van der Waals surface area contributed by atoms with Gasteiger partial charge in [0.1, 0.15) is 0 Å². The monoisotopic (exact) mass is 389 g/mol. The minimum atomic E-state index is -0.274. The Bertz CT molecular complexity index is 620. The van der Waals surface area contributed by atoms with E-state index in [0.29, 0.717) is 47.8 Å². The predicted molar refractivity (Wildman–Crippen MR) is 98.1 cm³/mol. The molecule has 2 amide bonds. The Morgan fingerprint density at radius 3 is 2.25 bits per heavy atom. The molecule has 2 rings (SSSR count). The Labute approximate surface area is 156 Å². The summed E-state index contributed by atoms with van der Waals surface area (Å²) in [4.78, 5) is 27.1. The highest BCUT2D eigenvalue weighted by molar-refractivity contribution is 6.48. The van der Waals surface area contributed by atoms with Crippen LogP contribution < -0.4 is 10.2 Å². The van der Waals surface area contributed by atoms with Crippen molar-refractivity contribution in [1.82, 2.24) is 10.2 Å². The first-order valence-electron chi connectivity index (χ1n) is 7.50.